The molecule has 0 saturated carbocycles. The van der Waals surface area contributed by atoms with Gasteiger partial charge in [-0.3, -0.25) is 4.79 Å². The standard InChI is InChI=1S/C17H13NO2/c1-20-11-6-7-15-13(9-11)14-8-10-4-2-3-5-12(10)17(19)16(14)18-15/h2-7,9,18H,8H2,1H3. The number of H-pyrrole nitrogens is 1. The average molecular weight is 263 g/mol. The van der Waals surface area contributed by atoms with Crippen molar-refractivity contribution in [2.24, 2.45) is 0 Å². The Bertz CT molecular complexity index is 845. The number of benzene rings is 2. The summed E-state index contributed by atoms with van der Waals surface area (Å²) in [5.41, 5.74) is 4.67. The van der Waals surface area contributed by atoms with Crippen molar-refractivity contribution in [2.45, 2.75) is 6.42 Å². The van der Waals surface area contributed by atoms with Crippen LogP contribution in [0.4, 0.5) is 0 Å². The van der Waals surface area contributed by atoms with Crippen molar-refractivity contribution in [2.75, 3.05) is 7.11 Å². The smallest absolute Gasteiger partial charge is 0.209 e. The fourth-order valence-electron chi connectivity index (χ4n) is 2.95. The summed E-state index contributed by atoms with van der Waals surface area (Å²) >= 11 is 0. The Morgan fingerprint density at radius 1 is 1.15 bits per heavy atom. The molecule has 0 radical (unpaired) electrons. The van der Waals surface area contributed by atoms with Crippen LogP contribution in [-0.2, 0) is 6.42 Å². The average Bonchev–Trinajstić information content (AvgIpc) is 2.86. The third kappa shape index (κ3) is 1.43. The highest BCUT2D eigenvalue weighted by molar-refractivity contribution is 6.14. The van der Waals surface area contributed by atoms with Crippen LogP contribution in [0.25, 0.3) is 10.9 Å². The fraction of sp³-hybridized carbons (Fsp3) is 0.118. The Labute approximate surface area is 116 Å². The van der Waals surface area contributed by atoms with Crippen molar-refractivity contribution in [3.8, 4) is 5.75 Å². The molecule has 3 aromatic rings. The van der Waals surface area contributed by atoms with Crippen molar-refractivity contribution in [3.63, 3.8) is 0 Å². The minimum absolute atomic E-state index is 0.0806. The van der Waals surface area contributed by atoms with Gasteiger partial charge >= 0.3 is 0 Å². The summed E-state index contributed by atoms with van der Waals surface area (Å²) in [6.45, 7) is 0. The van der Waals surface area contributed by atoms with Crippen molar-refractivity contribution in [3.05, 3.63) is 64.8 Å². The van der Waals surface area contributed by atoms with Gasteiger partial charge < -0.3 is 9.72 Å². The van der Waals surface area contributed by atoms with E-state index in [1.807, 2.05) is 42.5 Å². The highest BCUT2D eigenvalue weighted by atomic mass is 16.5. The van der Waals surface area contributed by atoms with E-state index < -0.39 is 0 Å². The van der Waals surface area contributed by atoms with Gasteiger partial charge in [-0.15, -0.1) is 0 Å². The Morgan fingerprint density at radius 3 is 2.85 bits per heavy atom. The number of hydrogen-bond acceptors (Lipinski definition) is 2. The lowest BCUT2D eigenvalue weighted by Gasteiger charge is -2.15. The molecular formula is C17H13NO2. The van der Waals surface area contributed by atoms with Gasteiger partial charge in [0.05, 0.1) is 12.8 Å². The van der Waals surface area contributed by atoms with Crippen LogP contribution in [0.1, 0.15) is 27.2 Å². The fourth-order valence-corrected chi connectivity index (χ4v) is 2.95. The second kappa shape index (κ2) is 3.97. The number of carbonyl (C=O) groups is 1. The first-order valence-electron chi connectivity index (χ1n) is 6.59. The maximum absolute atomic E-state index is 12.6. The summed E-state index contributed by atoms with van der Waals surface area (Å²) < 4.78 is 5.28. The van der Waals surface area contributed by atoms with E-state index in [2.05, 4.69) is 4.98 Å². The number of aromatic nitrogens is 1. The molecule has 3 nitrogen and oxygen atoms in total. The number of carbonyl (C=O) groups excluding carboxylic acids is 1. The van der Waals surface area contributed by atoms with Gasteiger partial charge in [0, 0.05) is 22.9 Å². The van der Waals surface area contributed by atoms with Crippen LogP contribution in [0.3, 0.4) is 0 Å². The zero-order chi connectivity index (χ0) is 13.7. The lowest BCUT2D eigenvalue weighted by Crippen LogP contribution is -2.14. The number of nitrogens with one attached hydrogen (secondary N) is 1. The molecular weight excluding hydrogens is 250 g/mol. The Hall–Kier alpha value is -2.55. The van der Waals surface area contributed by atoms with Crippen LogP contribution in [0.5, 0.6) is 5.75 Å². The minimum atomic E-state index is 0.0806. The molecule has 1 aliphatic carbocycles. The number of fused-ring (bicyclic) bond motifs is 4. The first-order chi connectivity index (χ1) is 9.78. The van der Waals surface area contributed by atoms with Crippen molar-refractivity contribution in [1.82, 2.24) is 4.98 Å². The largest absolute Gasteiger partial charge is 0.497 e. The summed E-state index contributed by atoms with van der Waals surface area (Å²) in [7, 11) is 1.65. The Kier molecular flexibility index (Phi) is 2.24. The Balaban J connectivity index is 1.99. The maximum atomic E-state index is 12.6. The number of methoxy groups -OCH3 is 1. The molecule has 0 bridgehead atoms. The van der Waals surface area contributed by atoms with Gasteiger partial charge in [-0.25, -0.2) is 0 Å². The van der Waals surface area contributed by atoms with E-state index in [9.17, 15) is 4.79 Å². The molecule has 0 aliphatic heterocycles. The number of ether oxygens (including phenoxy) is 1. The van der Waals surface area contributed by atoms with Crippen LogP contribution in [0.2, 0.25) is 0 Å². The predicted octanol–water partition coefficient (Wildman–Crippen LogP) is 3.31. The number of rotatable bonds is 1. The van der Waals surface area contributed by atoms with Gasteiger partial charge in [-0.1, -0.05) is 24.3 Å². The van der Waals surface area contributed by atoms with E-state index in [4.69, 9.17) is 4.74 Å². The van der Waals surface area contributed by atoms with Crippen LogP contribution in [0, 0.1) is 0 Å². The molecule has 2 aromatic carbocycles. The molecule has 1 aliphatic rings. The predicted molar refractivity (Wildman–Crippen MR) is 77.5 cm³/mol. The van der Waals surface area contributed by atoms with E-state index in [-0.39, 0.29) is 5.78 Å². The highest BCUT2D eigenvalue weighted by Crippen LogP contribution is 2.33. The van der Waals surface area contributed by atoms with Gasteiger partial charge in [-0.2, -0.15) is 0 Å². The van der Waals surface area contributed by atoms with Crippen molar-refractivity contribution < 1.29 is 9.53 Å². The number of aromatic amines is 1. The third-order valence-corrected chi connectivity index (χ3v) is 3.97. The second-order valence-electron chi connectivity index (χ2n) is 5.05. The molecule has 0 unspecified atom stereocenters. The molecule has 98 valence electrons. The maximum Gasteiger partial charge on any atom is 0.209 e. The van der Waals surface area contributed by atoms with Gasteiger partial charge in [0.15, 0.2) is 0 Å². The summed E-state index contributed by atoms with van der Waals surface area (Å²) in [6, 6.07) is 13.7. The zero-order valence-corrected chi connectivity index (χ0v) is 11.1. The SMILES string of the molecule is COc1ccc2[nH]c3c(c2c1)Cc1ccccc1C3=O. The molecule has 0 amide bonds. The summed E-state index contributed by atoms with van der Waals surface area (Å²) in [4.78, 5) is 15.8. The molecule has 0 spiro atoms. The molecule has 0 fully saturated rings. The first-order valence-corrected chi connectivity index (χ1v) is 6.59. The molecule has 20 heavy (non-hydrogen) atoms. The number of ketones is 1. The molecule has 1 heterocycles. The van der Waals surface area contributed by atoms with Gasteiger partial charge in [0.1, 0.15) is 5.75 Å². The van der Waals surface area contributed by atoms with Crippen LogP contribution < -0.4 is 4.74 Å². The van der Waals surface area contributed by atoms with Gasteiger partial charge in [0.2, 0.25) is 5.78 Å². The molecule has 3 heteroatoms. The van der Waals surface area contributed by atoms with Crippen molar-refractivity contribution >= 4 is 16.7 Å². The quantitative estimate of drug-likeness (QED) is 0.572. The summed E-state index contributed by atoms with van der Waals surface area (Å²) in [5.74, 6) is 0.891. The first kappa shape index (κ1) is 11.3. The topological polar surface area (TPSA) is 42.1 Å². The van der Waals surface area contributed by atoms with E-state index >= 15 is 0 Å². The third-order valence-electron chi connectivity index (χ3n) is 3.97. The van der Waals surface area contributed by atoms with Crippen molar-refractivity contribution in [1.29, 1.82) is 0 Å². The van der Waals surface area contributed by atoms with E-state index in [0.717, 1.165) is 39.8 Å². The molecule has 1 aromatic heterocycles. The molecule has 0 saturated heterocycles. The summed E-state index contributed by atoms with van der Waals surface area (Å²) in [5, 5.41) is 1.07. The highest BCUT2D eigenvalue weighted by Gasteiger charge is 2.26. The zero-order valence-electron chi connectivity index (χ0n) is 11.1. The molecule has 0 atom stereocenters. The monoisotopic (exact) mass is 263 g/mol. The van der Waals surface area contributed by atoms with E-state index in [1.165, 1.54) is 0 Å². The Morgan fingerprint density at radius 2 is 2.00 bits per heavy atom. The summed E-state index contributed by atoms with van der Waals surface area (Å²) in [6.07, 6.45) is 0.782. The number of hydrogen-bond donors (Lipinski definition) is 1. The molecule has 4 rings (SSSR count). The van der Waals surface area contributed by atoms with Crippen LogP contribution >= 0.6 is 0 Å². The minimum Gasteiger partial charge on any atom is -0.497 e. The van der Waals surface area contributed by atoms with Gasteiger partial charge in [-0.05, 0) is 29.3 Å². The van der Waals surface area contributed by atoms with Crippen LogP contribution in [0.15, 0.2) is 42.5 Å². The van der Waals surface area contributed by atoms with Crippen LogP contribution in [-0.4, -0.2) is 17.9 Å². The lowest BCUT2D eigenvalue weighted by molar-refractivity contribution is 0.103. The second-order valence-corrected chi connectivity index (χ2v) is 5.05. The van der Waals surface area contributed by atoms with Gasteiger partial charge in [0.25, 0.3) is 0 Å². The molecule has 1 N–H and O–H groups in total. The van der Waals surface area contributed by atoms with E-state index in [1.54, 1.807) is 7.11 Å². The lowest BCUT2D eigenvalue weighted by atomic mass is 9.88. The normalized spacial score (nSPS) is 13.2. The van der Waals surface area contributed by atoms with E-state index in [0.29, 0.717) is 5.69 Å².